The van der Waals surface area contributed by atoms with Crippen LogP contribution in [0.4, 0.5) is 4.39 Å². The van der Waals surface area contributed by atoms with Gasteiger partial charge in [0.1, 0.15) is 0 Å². The number of piperidine rings is 1. The first-order chi connectivity index (χ1) is 12.2. The summed E-state index contributed by atoms with van der Waals surface area (Å²) >= 11 is 0. The Kier molecular flexibility index (Phi) is 4.49. The van der Waals surface area contributed by atoms with Crippen LogP contribution in [-0.4, -0.2) is 46.4 Å². The number of hydrogen-bond acceptors (Lipinski definition) is 3. The predicted octanol–water partition coefficient (Wildman–Crippen LogP) is 2.88. The molecule has 1 amide bonds. The van der Waals surface area contributed by atoms with Gasteiger partial charge in [-0.05, 0) is 42.5 Å². The molecule has 0 aliphatic carbocycles. The Balaban J connectivity index is 1.36. The van der Waals surface area contributed by atoms with Gasteiger partial charge in [-0.2, -0.15) is 4.39 Å². The van der Waals surface area contributed by atoms with Crippen LogP contribution in [-0.2, 0) is 13.0 Å². The summed E-state index contributed by atoms with van der Waals surface area (Å²) < 4.78 is 12.9. The first-order valence-electron chi connectivity index (χ1n) is 8.92. The van der Waals surface area contributed by atoms with E-state index in [0.717, 1.165) is 45.4 Å². The molecule has 0 radical (unpaired) electrons. The zero-order valence-corrected chi connectivity index (χ0v) is 14.2. The number of benzene rings is 1. The van der Waals surface area contributed by atoms with Crippen LogP contribution in [0.15, 0.2) is 42.6 Å². The summed E-state index contributed by atoms with van der Waals surface area (Å²) in [5.41, 5.74) is 3.37. The van der Waals surface area contributed by atoms with E-state index in [1.165, 1.54) is 29.5 Å². The van der Waals surface area contributed by atoms with Crippen LogP contribution in [0.3, 0.4) is 0 Å². The third-order valence-corrected chi connectivity index (χ3v) is 5.40. The van der Waals surface area contributed by atoms with Crippen molar-refractivity contribution in [1.29, 1.82) is 0 Å². The van der Waals surface area contributed by atoms with Crippen molar-refractivity contribution in [3.8, 4) is 0 Å². The van der Waals surface area contributed by atoms with Gasteiger partial charge in [-0.25, -0.2) is 4.98 Å². The van der Waals surface area contributed by atoms with Crippen molar-refractivity contribution in [2.24, 2.45) is 0 Å². The number of nitrogens with zero attached hydrogens (tertiary/aromatic N) is 3. The fourth-order valence-electron chi connectivity index (χ4n) is 3.95. The molecule has 1 saturated heterocycles. The van der Waals surface area contributed by atoms with E-state index >= 15 is 0 Å². The number of halogens is 1. The molecule has 5 heteroatoms. The fourth-order valence-corrected chi connectivity index (χ4v) is 3.95. The summed E-state index contributed by atoms with van der Waals surface area (Å²) in [7, 11) is 0. The molecule has 2 aliphatic heterocycles. The molecule has 3 heterocycles. The Morgan fingerprint density at radius 2 is 1.80 bits per heavy atom. The molecule has 1 aromatic heterocycles. The lowest BCUT2D eigenvalue weighted by atomic mass is 9.95. The average molecular weight is 339 g/mol. The number of likely N-dealkylation sites (tertiary alicyclic amines) is 1. The summed E-state index contributed by atoms with van der Waals surface area (Å²) in [6, 6.07) is 12.0. The number of carbonyl (C=O) groups excluding carboxylic acids is 1. The highest BCUT2D eigenvalue weighted by molar-refractivity contribution is 5.93. The SMILES string of the molecule is O=C(c1ccc(F)nc1)N1CCC(N2CCc3ccccc3C2)CC1. The molecule has 0 N–H and O–H groups in total. The second-order valence-electron chi connectivity index (χ2n) is 6.88. The van der Waals surface area contributed by atoms with Crippen LogP contribution >= 0.6 is 0 Å². The van der Waals surface area contributed by atoms with E-state index in [4.69, 9.17) is 0 Å². The minimum atomic E-state index is -0.555. The van der Waals surface area contributed by atoms with Gasteiger partial charge in [-0.3, -0.25) is 9.69 Å². The van der Waals surface area contributed by atoms with Gasteiger partial charge in [0.2, 0.25) is 5.95 Å². The van der Waals surface area contributed by atoms with Crippen molar-refractivity contribution >= 4 is 5.91 Å². The summed E-state index contributed by atoms with van der Waals surface area (Å²) in [5.74, 6) is -0.601. The van der Waals surface area contributed by atoms with Crippen LogP contribution in [0.25, 0.3) is 0 Å². The molecular formula is C20H22FN3O. The quantitative estimate of drug-likeness (QED) is 0.790. The Morgan fingerprint density at radius 3 is 2.52 bits per heavy atom. The summed E-state index contributed by atoms with van der Waals surface area (Å²) in [4.78, 5) is 20.5. The zero-order chi connectivity index (χ0) is 17.2. The smallest absolute Gasteiger partial charge is 0.255 e. The van der Waals surface area contributed by atoms with Crippen LogP contribution in [0.1, 0.15) is 34.3 Å². The molecule has 0 saturated carbocycles. The molecule has 2 aromatic rings. The molecule has 0 atom stereocenters. The monoisotopic (exact) mass is 339 g/mol. The van der Waals surface area contributed by atoms with Gasteiger partial charge in [0.25, 0.3) is 5.91 Å². The number of rotatable bonds is 2. The molecular weight excluding hydrogens is 317 g/mol. The second kappa shape index (κ2) is 6.92. The average Bonchev–Trinajstić information content (AvgIpc) is 2.68. The molecule has 1 aromatic carbocycles. The van der Waals surface area contributed by atoms with Crippen molar-refractivity contribution in [1.82, 2.24) is 14.8 Å². The number of carbonyl (C=O) groups is 1. The highest BCUT2D eigenvalue weighted by Crippen LogP contribution is 2.25. The second-order valence-corrected chi connectivity index (χ2v) is 6.88. The highest BCUT2D eigenvalue weighted by Gasteiger charge is 2.29. The number of fused-ring (bicyclic) bond motifs is 1. The Labute approximate surface area is 147 Å². The molecule has 25 heavy (non-hydrogen) atoms. The predicted molar refractivity (Wildman–Crippen MR) is 93.7 cm³/mol. The standard InChI is InChI=1S/C20H22FN3O/c21-19-6-5-16(13-22-19)20(25)23-11-8-18(9-12-23)24-10-7-15-3-1-2-4-17(15)14-24/h1-6,13,18H,7-12,14H2. The largest absolute Gasteiger partial charge is 0.338 e. The van der Waals surface area contributed by atoms with E-state index in [1.54, 1.807) is 0 Å². The molecule has 0 unspecified atom stereocenters. The minimum Gasteiger partial charge on any atom is -0.338 e. The number of aromatic nitrogens is 1. The Morgan fingerprint density at radius 1 is 1.04 bits per heavy atom. The fraction of sp³-hybridized carbons (Fsp3) is 0.400. The van der Waals surface area contributed by atoms with Crippen LogP contribution in [0.5, 0.6) is 0 Å². The van der Waals surface area contributed by atoms with Gasteiger partial charge in [-0.1, -0.05) is 24.3 Å². The number of pyridine rings is 1. The molecule has 130 valence electrons. The van der Waals surface area contributed by atoms with E-state index in [1.807, 2.05) is 4.90 Å². The van der Waals surface area contributed by atoms with Crippen LogP contribution in [0, 0.1) is 5.95 Å². The van der Waals surface area contributed by atoms with Gasteiger partial charge >= 0.3 is 0 Å². The van der Waals surface area contributed by atoms with Crippen molar-refractivity contribution in [3.05, 3.63) is 65.2 Å². The maximum absolute atomic E-state index is 12.9. The third-order valence-electron chi connectivity index (χ3n) is 5.40. The number of hydrogen-bond donors (Lipinski definition) is 0. The Bertz CT molecular complexity index is 754. The van der Waals surface area contributed by atoms with E-state index in [0.29, 0.717) is 11.6 Å². The van der Waals surface area contributed by atoms with Gasteiger partial charge in [0, 0.05) is 38.4 Å². The summed E-state index contributed by atoms with van der Waals surface area (Å²) in [5, 5.41) is 0. The van der Waals surface area contributed by atoms with Gasteiger partial charge in [0.05, 0.1) is 5.56 Å². The summed E-state index contributed by atoms with van der Waals surface area (Å²) in [6.45, 7) is 3.60. The lowest BCUT2D eigenvalue weighted by molar-refractivity contribution is 0.0599. The lowest BCUT2D eigenvalue weighted by Crippen LogP contribution is -2.48. The first-order valence-corrected chi connectivity index (χ1v) is 8.92. The highest BCUT2D eigenvalue weighted by atomic mass is 19.1. The maximum atomic E-state index is 12.9. The first kappa shape index (κ1) is 16.2. The molecule has 0 bridgehead atoms. The van der Waals surface area contributed by atoms with Crippen LogP contribution in [0.2, 0.25) is 0 Å². The van der Waals surface area contributed by atoms with Gasteiger partial charge in [-0.15, -0.1) is 0 Å². The van der Waals surface area contributed by atoms with E-state index in [9.17, 15) is 9.18 Å². The van der Waals surface area contributed by atoms with Crippen molar-refractivity contribution in [3.63, 3.8) is 0 Å². The maximum Gasteiger partial charge on any atom is 0.255 e. The molecule has 4 nitrogen and oxygen atoms in total. The topological polar surface area (TPSA) is 36.4 Å². The van der Waals surface area contributed by atoms with Crippen molar-refractivity contribution in [2.45, 2.75) is 31.8 Å². The minimum absolute atomic E-state index is 0.0464. The van der Waals surface area contributed by atoms with E-state index in [2.05, 4.69) is 34.1 Å². The van der Waals surface area contributed by atoms with E-state index < -0.39 is 5.95 Å². The van der Waals surface area contributed by atoms with E-state index in [-0.39, 0.29) is 5.91 Å². The molecule has 0 spiro atoms. The van der Waals surface area contributed by atoms with Crippen molar-refractivity contribution < 1.29 is 9.18 Å². The van der Waals surface area contributed by atoms with Gasteiger partial charge < -0.3 is 4.90 Å². The van der Waals surface area contributed by atoms with Crippen LogP contribution < -0.4 is 0 Å². The molecule has 2 aliphatic rings. The Hall–Kier alpha value is -2.27. The van der Waals surface area contributed by atoms with Crippen molar-refractivity contribution in [2.75, 3.05) is 19.6 Å². The number of amides is 1. The summed E-state index contributed by atoms with van der Waals surface area (Å²) in [6.07, 6.45) is 4.41. The molecule has 1 fully saturated rings. The molecule has 4 rings (SSSR count). The normalized spacial score (nSPS) is 18.8. The van der Waals surface area contributed by atoms with Gasteiger partial charge in [0.15, 0.2) is 0 Å². The zero-order valence-electron chi connectivity index (χ0n) is 14.2. The third kappa shape index (κ3) is 3.42. The lowest BCUT2D eigenvalue weighted by Gasteiger charge is -2.40.